The molecule has 1 atom stereocenters. The highest BCUT2D eigenvalue weighted by Crippen LogP contribution is 2.17. The van der Waals surface area contributed by atoms with Gasteiger partial charge in [0, 0.05) is 19.2 Å². The Morgan fingerprint density at radius 3 is 2.42 bits per heavy atom. The van der Waals surface area contributed by atoms with Gasteiger partial charge >= 0.3 is 0 Å². The van der Waals surface area contributed by atoms with Crippen molar-refractivity contribution >= 4 is 5.96 Å². The molecule has 0 saturated heterocycles. The number of nitrogens with zero attached hydrogens (tertiary/aromatic N) is 2. The van der Waals surface area contributed by atoms with Crippen LogP contribution in [0.4, 0.5) is 0 Å². The minimum absolute atomic E-state index is 0.395. The zero-order valence-electron chi connectivity index (χ0n) is 15.1. The van der Waals surface area contributed by atoms with Crippen molar-refractivity contribution in [3.05, 3.63) is 78.2 Å². The van der Waals surface area contributed by atoms with Crippen LogP contribution in [0.5, 0.6) is 0 Å². The Morgan fingerprint density at radius 1 is 1.04 bits per heavy atom. The Kier molecular flexibility index (Phi) is 6.04. The summed E-state index contributed by atoms with van der Waals surface area (Å²) in [5.74, 6) is 1.77. The number of benzene rings is 2. The molecule has 2 N–H and O–H groups in total. The van der Waals surface area contributed by atoms with Crippen LogP contribution in [0.2, 0.25) is 0 Å². The monoisotopic (exact) mass is 348 g/mol. The first kappa shape index (κ1) is 17.7. The molecule has 0 aliphatic carbocycles. The van der Waals surface area contributed by atoms with E-state index < -0.39 is 0 Å². The van der Waals surface area contributed by atoms with Gasteiger partial charge in [-0.3, -0.25) is 4.99 Å². The Morgan fingerprint density at radius 2 is 1.73 bits per heavy atom. The second-order valence-electron chi connectivity index (χ2n) is 6.13. The number of hydrogen-bond donors (Lipinski definition) is 2. The van der Waals surface area contributed by atoms with Gasteiger partial charge < -0.3 is 15.1 Å². The Hall–Kier alpha value is -3.08. The molecule has 5 heteroatoms. The summed E-state index contributed by atoms with van der Waals surface area (Å²) in [5, 5.41) is 6.63. The van der Waals surface area contributed by atoms with Crippen molar-refractivity contribution in [2.75, 3.05) is 13.6 Å². The molecule has 0 amide bonds. The number of nitrogens with one attached hydrogen (secondary N) is 2. The minimum atomic E-state index is 0.395. The highest BCUT2D eigenvalue weighted by atomic mass is 16.3. The van der Waals surface area contributed by atoms with Crippen LogP contribution in [0, 0.1) is 0 Å². The van der Waals surface area contributed by atoms with Gasteiger partial charge in [0.1, 0.15) is 6.26 Å². The molecule has 0 saturated carbocycles. The number of aliphatic imine (C=N–C) groups is 1. The van der Waals surface area contributed by atoms with Crippen LogP contribution in [-0.2, 0) is 6.54 Å². The zero-order valence-corrected chi connectivity index (χ0v) is 15.1. The molecular weight excluding hydrogens is 324 g/mol. The average Bonchev–Trinajstić information content (AvgIpc) is 3.18. The minimum Gasteiger partial charge on any atom is -0.444 e. The van der Waals surface area contributed by atoms with E-state index in [0.717, 1.165) is 23.8 Å². The molecule has 1 heterocycles. The molecule has 0 bridgehead atoms. The van der Waals surface area contributed by atoms with Crippen LogP contribution in [0.3, 0.4) is 0 Å². The van der Waals surface area contributed by atoms with Gasteiger partial charge in [0.15, 0.2) is 5.96 Å². The fraction of sp³-hybridized carbons (Fsp3) is 0.238. The third-order valence-electron chi connectivity index (χ3n) is 4.18. The number of hydrogen-bond acceptors (Lipinski definition) is 3. The molecule has 0 aliphatic heterocycles. The molecule has 0 radical (unpaired) electrons. The molecule has 0 aliphatic rings. The van der Waals surface area contributed by atoms with Crippen LogP contribution in [0.25, 0.3) is 11.5 Å². The maximum Gasteiger partial charge on any atom is 0.226 e. The molecule has 0 fully saturated rings. The van der Waals surface area contributed by atoms with Gasteiger partial charge in [-0.25, -0.2) is 4.98 Å². The Balaban J connectivity index is 1.51. The molecule has 1 aromatic heterocycles. The van der Waals surface area contributed by atoms with E-state index in [4.69, 9.17) is 4.42 Å². The van der Waals surface area contributed by atoms with E-state index in [0.29, 0.717) is 18.4 Å². The summed E-state index contributed by atoms with van der Waals surface area (Å²) in [6, 6.07) is 20.3. The first-order chi connectivity index (χ1) is 12.8. The summed E-state index contributed by atoms with van der Waals surface area (Å²) in [6.07, 6.45) is 1.68. The quantitative estimate of drug-likeness (QED) is 0.525. The summed E-state index contributed by atoms with van der Waals surface area (Å²) in [7, 11) is 1.76. The third-order valence-corrected chi connectivity index (χ3v) is 4.18. The fourth-order valence-corrected chi connectivity index (χ4v) is 2.65. The molecule has 5 nitrogen and oxygen atoms in total. The van der Waals surface area contributed by atoms with E-state index in [1.807, 2.05) is 36.4 Å². The van der Waals surface area contributed by atoms with E-state index in [1.54, 1.807) is 13.3 Å². The second kappa shape index (κ2) is 8.85. The van der Waals surface area contributed by atoms with Gasteiger partial charge in [-0.2, -0.15) is 0 Å². The second-order valence-corrected chi connectivity index (χ2v) is 6.13. The van der Waals surface area contributed by atoms with Gasteiger partial charge in [-0.1, -0.05) is 55.5 Å². The SMILES string of the molecule is CN=C(NCc1coc(-c2ccccc2)n1)NCC(C)c1ccccc1. The maximum atomic E-state index is 5.56. The molecular formula is C21H24N4O. The van der Waals surface area contributed by atoms with Crippen molar-refractivity contribution in [2.24, 2.45) is 4.99 Å². The summed E-state index contributed by atoms with van der Waals surface area (Å²) >= 11 is 0. The molecule has 1 unspecified atom stereocenters. The van der Waals surface area contributed by atoms with Crippen molar-refractivity contribution in [3.8, 4) is 11.5 Å². The van der Waals surface area contributed by atoms with E-state index in [2.05, 4.69) is 51.8 Å². The van der Waals surface area contributed by atoms with E-state index >= 15 is 0 Å². The van der Waals surface area contributed by atoms with Crippen molar-refractivity contribution in [1.82, 2.24) is 15.6 Å². The number of guanidine groups is 1. The standard InChI is InChI=1S/C21H24N4O/c1-16(17-9-5-3-6-10-17)13-23-21(22-2)24-14-19-15-26-20(25-19)18-11-7-4-8-12-18/h3-12,15-16H,13-14H2,1-2H3,(H2,22,23,24). The number of oxazole rings is 1. The zero-order chi connectivity index (χ0) is 18.2. The lowest BCUT2D eigenvalue weighted by Gasteiger charge is -2.16. The van der Waals surface area contributed by atoms with E-state index in [9.17, 15) is 0 Å². The van der Waals surface area contributed by atoms with Crippen molar-refractivity contribution in [1.29, 1.82) is 0 Å². The Labute approximate surface area is 154 Å². The third kappa shape index (κ3) is 4.72. The van der Waals surface area contributed by atoms with Gasteiger partial charge in [0.2, 0.25) is 5.89 Å². The molecule has 3 aromatic rings. The molecule has 26 heavy (non-hydrogen) atoms. The number of rotatable bonds is 6. The van der Waals surface area contributed by atoms with E-state index in [1.165, 1.54) is 5.56 Å². The molecule has 134 valence electrons. The number of aromatic nitrogens is 1. The predicted molar refractivity (Wildman–Crippen MR) is 105 cm³/mol. The van der Waals surface area contributed by atoms with Crippen molar-refractivity contribution < 1.29 is 4.42 Å². The van der Waals surface area contributed by atoms with Gasteiger partial charge in [0.05, 0.1) is 12.2 Å². The molecule has 0 spiro atoms. The predicted octanol–water partition coefficient (Wildman–Crippen LogP) is 3.81. The Bertz CT molecular complexity index is 827. The lowest BCUT2D eigenvalue weighted by Crippen LogP contribution is -2.38. The lowest BCUT2D eigenvalue weighted by molar-refractivity contribution is 0.572. The van der Waals surface area contributed by atoms with Gasteiger partial charge in [-0.05, 0) is 23.6 Å². The maximum absolute atomic E-state index is 5.56. The first-order valence-corrected chi connectivity index (χ1v) is 8.75. The highest BCUT2D eigenvalue weighted by molar-refractivity contribution is 5.79. The highest BCUT2D eigenvalue weighted by Gasteiger charge is 2.08. The molecule has 2 aromatic carbocycles. The summed E-state index contributed by atoms with van der Waals surface area (Å²) in [6.45, 7) is 3.55. The van der Waals surface area contributed by atoms with Crippen molar-refractivity contribution in [3.63, 3.8) is 0 Å². The summed E-state index contributed by atoms with van der Waals surface area (Å²) < 4.78 is 5.56. The van der Waals surface area contributed by atoms with Gasteiger partial charge in [0.25, 0.3) is 0 Å². The average molecular weight is 348 g/mol. The topological polar surface area (TPSA) is 62.5 Å². The van der Waals surface area contributed by atoms with Crippen molar-refractivity contribution in [2.45, 2.75) is 19.4 Å². The van der Waals surface area contributed by atoms with Crippen LogP contribution in [-0.4, -0.2) is 24.5 Å². The van der Waals surface area contributed by atoms with Gasteiger partial charge in [-0.15, -0.1) is 0 Å². The normalized spacial score (nSPS) is 12.6. The summed E-state index contributed by atoms with van der Waals surface area (Å²) in [4.78, 5) is 8.79. The lowest BCUT2D eigenvalue weighted by atomic mass is 10.0. The van der Waals surface area contributed by atoms with E-state index in [-0.39, 0.29) is 0 Å². The van der Waals surface area contributed by atoms with Crippen LogP contribution in [0.15, 0.2) is 76.3 Å². The largest absolute Gasteiger partial charge is 0.444 e. The van der Waals surface area contributed by atoms with Crippen LogP contribution in [0.1, 0.15) is 24.1 Å². The van der Waals surface area contributed by atoms with Crippen LogP contribution >= 0.6 is 0 Å². The smallest absolute Gasteiger partial charge is 0.226 e. The van der Waals surface area contributed by atoms with Crippen LogP contribution < -0.4 is 10.6 Å². The molecule has 3 rings (SSSR count). The summed E-state index contributed by atoms with van der Waals surface area (Å²) in [5.41, 5.74) is 3.11. The fourth-order valence-electron chi connectivity index (χ4n) is 2.65. The first-order valence-electron chi connectivity index (χ1n) is 8.75.